The molecule has 0 bridgehead atoms. The van der Waals surface area contributed by atoms with Gasteiger partial charge in [-0.2, -0.15) is 0 Å². The van der Waals surface area contributed by atoms with Crippen LogP contribution >= 0.6 is 57.5 Å². The van der Waals surface area contributed by atoms with Crippen molar-refractivity contribution in [2.45, 2.75) is 0 Å². The molecule has 1 aromatic heterocycles. The fourth-order valence-electron chi connectivity index (χ4n) is 2.55. The van der Waals surface area contributed by atoms with Crippen molar-refractivity contribution in [2.75, 3.05) is 42.3 Å². The molecule has 13 N–H and O–H groups in total. The predicted molar refractivity (Wildman–Crippen MR) is 165 cm³/mol. The molecule has 2 rings (SSSR count). The Morgan fingerprint density at radius 3 is 1.11 bits per heavy atom. The number of hydrogen-bond donors (Lipinski definition) is 13. The first-order chi connectivity index (χ1) is 19.8. The van der Waals surface area contributed by atoms with E-state index in [1.165, 1.54) is 0 Å². The fourth-order valence-corrected chi connectivity index (χ4v) is 5.96. The van der Waals surface area contributed by atoms with Crippen LogP contribution in [0.15, 0.2) is 18.2 Å². The summed E-state index contributed by atoms with van der Waals surface area (Å²) in [5.74, 6) is 0.749. The van der Waals surface area contributed by atoms with Gasteiger partial charge in [-0.3, -0.25) is 27.4 Å². The van der Waals surface area contributed by atoms with Gasteiger partial charge in [-0.05, 0) is 0 Å². The third-order valence-electron chi connectivity index (χ3n) is 3.31. The van der Waals surface area contributed by atoms with Gasteiger partial charge in [0.25, 0.3) is 0 Å². The van der Waals surface area contributed by atoms with E-state index in [-0.39, 0.29) is 0 Å². The SMILES string of the molecule is CN(C)[PH](Oc1cccc2[nH]nnc12)(N(C)C)N(C)C.O=[PH](O)O.O=[PH](O)O.O=[PH](O)O.O=[PH](O)O.O=[PH](O)O.O=[PH](O)O. The van der Waals surface area contributed by atoms with E-state index < -0.39 is 57.5 Å². The molecule has 2 aromatic rings. The van der Waals surface area contributed by atoms with Crippen molar-refractivity contribution in [1.82, 2.24) is 29.4 Å². The van der Waals surface area contributed by atoms with Gasteiger partial charge in [-0.15, -0.1) is 0 Å². The van der Waals surface area contributed by atoms with E-state index in [2.05, 4.69) is 29.4 Å². The van der Waals surface area contributed by atoms with Crippen LogP contribution < -0.4 is 4.52 Å². The van der Waals surface area contributed by atoms with Crippen molar-refractivity contribution in [3.63, 3.8) is 0 Å². The molecule has 1 aromatic carbocycles. The van der Waals surface area contributed by atoms with Crippen molar-refractivity contribution in [2.24, 2.45) is 0 Å². The zero-order valence-electron chi connectivity index (χ0n) is 23.7. The number of aromatic amines is 1. The summed E-state index contributed by atoms with van der Waals surface area (Å²) in [6.45, 7) is 0. The monoisotopic (exact) mass is 790 g/mol. The molecule has 0 saturated heterocycles. The zero-order chi connectivity index (χ0) is 36.4. The smallest absolute Gasteiger partial charge is 0.314 e. The number of hydrogen-bond acceptors (Lipinski definition) is 12. The van der Waals surface area contributed by atoms with E-state index in [0.29, 0.717) is 0 Å². The van der Waals surface area contributed by atoms with E-state index >= 15 is 0 Å². The number of nitrogens with one attached hydrogen (secondary N) is 1. The van der Waals surface area contributed by atoms with Crippen LogP contribution in [-0.2, 0) is 27.4 Å². The first-order valence-electron chi connectivity index (χ1n) is 10.3. The molecule has 0 fully saturated rings. The number of H-pyrrole nitrogens is 1. The maximum atomic E-state index is 8.74. The second kappa shape index (κ2) is 31.2. The summed E-state index contributed by atoms with van der Waals surface area (Å²) in [4.78, 5) is 85.9. The average Bonchev–Trinajstić information content (AvgIpc) is 3.24. The summed E-state index contributed by atoms with van der Waals surface area (Å²) in [5.41, 5.74) is 1.64. The Bertz CT molecular complexity index is 1020. The van der Waals surface area contributed by atoms with Crippen LogP contribution in [-0.4, -0.2) is 130 Å². The Morgan fingerprint density at radius 1 is 0.591 bits per heavy atom. The Hall–Kier alpha value is -0.370. The van der Waals surface area contributed by atoms with Crippen LogP contribution in [0.3, 0.4) is 0 Å². The van der Waals surface area contributed by atoms with Gasteiger partial charge in [-0.25, -0.2) is 0 Å². The second-order valence-electron chi connectivity index (χ2n) is 7.02. The van der Waals surface area contributed by atoms with Crippen LogP contribution in [0.4, 0.5) is 0 Å². The van der Waals surface area contributed by atoms with Gasteiger partial charge in [0.05, 0.1) is 0 Å². The molecule has 0 aliphatic rings. The topological polar surface area (TPSA) is 406 Å². The first-order valence-corrected chi connectivity index (χ1v) is 19.9. The normalized spacial score (nSPS) is 11.0. The minimum absolute atomic E-state index is 0.749. The molecule has 32 heteroatoms. The van der Waals surface area contributed by atoms with Crippen LogP contribution in [0.25, 0.3) is 11.0 Å². The molecule has 44 heavy (non-hydrogen) atoms. The third kappa shape index (κ3) is 37.8. The van der Waals surface area contributed by atoms with Crippen molar-refractivity contribution in [3.05, 3.63) is 18.2 Å². The molecule has 0 spiro atoms. The van der Waals surface area contributed by atoms with Gasteiger partial charge < -0.3 is 58.7 Å². The molecule has 25 nitrogen and oxygen atoms in total. The molecular formula is C12H41N6O19P7. The second-order valence-corrected chi connectivity index (χ2v) is 14.4. The summed E-state index contributed by atoms with van der Waals surface area (Å²) in [7, 11) is -9.00. The zero-order valence-corrected chi connectivity index (χ0v) is 30.7. The predicted octanol–water partition coefficient (Wildman–Crippen LogP) is -2.40. The van der Waals surface area contributed by atoms with Crippen molar-refractivity contribution >= 4 is 68.5 Å². The largest absolute Gasteiger partial charge is 0.326 e. The molecule has 268 valence electrons. The minimum Gasteiger partial charge on any atom is -0.326 e. The van der Waals surface area contributed by atoms with Gasteiger partial charge in [0, 0.05) is 0 Å². The molecule has 0 aliphatic heterocycles. The van der Waals surface area contributed by atoms with Crippen LogP contribution in [0.1, 0.15) is 0 Å². The Morgan fingerprint density at radius 2 is 0.864 bits per heavy atom. The first kappa shape index (κ1) is 53.1. The standard InChI is InChI=1S/C12H23N6OP.6H3O3P/c1-16(2)20(17(3)4,18(5)6)19-11-9-7-8-10-12(11)14-15-13-10;6*1-4(2)3/h7-9,20H,1-6H3,(H,13,14,15);6*4H,(H2,1,2,3). The summed E-state index contributed by atoms with van der Waals surface area (Å²) >= 11 is 0. The summed E-state index contributed by atoms with van der Waals surface area (Å²) in [6, 6.07) is 5.81. The molecule has 0 amide bonds. The molecule has 0 unspecified atom stereocenters. The van der Waals surface area contributed by atoms with E-state index in [1.807, 2.05) is 60.5 Å². The number of nitrogens with zero attached hydrogens (tertiary/aromatic N) is 5. The van der Waals surface area contributed by atoms with E-state index in [4.69, 9.17) is 90.6 Å². The quantitative estimate of drug-likeness (QED) is 0.140. The van der Waals surface area contributed by atoms with Gasteiger partial charge >= 0.3 is 169 Å². The van der Waals surface area contributed by atoms with E-state index in [0.717, 1.165) is 16.8 Å². The summed E-state index contributed by atoms with van der Waals surface area (Å²) in [6.07, 6.45) is 0. The maximum Gasteiger partial charge on any atom is 0.314 e. The van der Waals surface area contributed by atoms with Gasteiger partial charge in [0.1, 0.15) is 0 Å². The molecule has 0 aliphatic carbocycles. The molecule has 1 heterocycles. The van der Waals surface area contributed by atoms with Gasteiger partial charge in [0.2, 0.25) is 0 Å². The van der Waals surface area contributed by atoms with Crippen molar-refractivity contribution < 1.29 is 90.6 Å². The minimum atomic E-state index is -3.13. The van der Waals surface area contributed by atoms with Crippen molar-refractivity contribution in [1.29, 1.82) is 0 Å². The molecule has 0 radical (unpaired) electrons. The van der Waals surface area contributed by atoms with Crippen molar-refractivity contribution in [3.8, 4) is 5.75 Å². The van der Waals surface area contributed by atoms with E-state index in [9.17, 15) is 0 Å². The van der Waals surface area contributed by atoms with Crippen LogP contribution in [0.2, 0.25) is 0 Å². The van der Waals surface area contributed by atoms with Gasteiger partial charge in [0.15, 0.2) is 0 Å². The summed E-state index contributed by atoms with van der Waals surface area (Å²) in [5, 5.41) is 10.8. The van der Waals surface area contributed by atoms with E-state index in [1.54, 1.807) is 0 Å². The number of aromatic nitrogens is 3. The Kier molecular flexibility index (Phi) is 37.7. The Balaban J connectivity index is -0.000000172. The van der Waals surface area contributed by atoms with Crippen LogP contribution in [0.5, 0.6) is 5.75 Å². The molecule has 0 atom stereocenters. The molecular weight excluding hydrogens is 749 g/mol. The molecule has 0 saturated carbocycles. The third-order valence-corrected chi connectivity index (χ3v) is 7.30. The van der Waals surface area contributed by atoms with Crippen LogP contribution in [0, 0.1) is 0 Å². The number of benzene rings is 1. The maximum absolute atomic E-state index is 8.74. The van der Waals surface area contributed by atoms with Gasteiger partial charge in [-0.1, -0.05) is 0 Å². The Labute approximate surface area is 254 Å². The number of fused-ring (bicyclic) bond motifs is 1. The average molecular weight is 790 g/mol. The number of rotatable bonds is 5. The fraction of sp³-hybridized carbons (Fsp3) is 0.500. The summed E-state index contributed by atoms with van der Waals surface area (Å²) < 4.78 is 65.3.